The summed E-state index contributed by atoms with van der Waals surface area (Å²) in [5, 5.41) is 3.26. The van der Waals surface area contributed by atoms with Crippen LogP contribution in [-0.2, 0) is 22.5 Å². The first-order valence-electron chi connectivity index (χ1n) is 5.79. The second kappa shape index (κ2) is 3.89. The molecule has 1 unspecified atom stereocenters. The van der Waals surface area contributed by atoms with E-state index >= 15 is 0 Å². The SMILES string of the molecule is COC(=O)C1Cc2c([nH]c3ccccc23)C[NH2+]1. The van der Waals surface area contributed by atoms with Crippen molar-refractivity contribution in [3.8, 4) is 0 Å². The number of quaternary nitrogens is 1. The van der Waals surface area contributed by atoms with Gasteiger partial charge in [-0.05, 0) is 11.6 Å². The number of carbonyl (C=O) groups excluding carboxylic acids is 1. The Kier molecular flexibility index (Phi) is 2.37. The van der Waals surface area contributed by atoms with E-state index in [9.17, 15) is 4.79 Å². The van der Waals surface area contributed by atoms with Crippen molar-refractivity contribution in [2.24, 2.45) is 0 Å². The standard InChI is InChI=1S/C13H14N2O2/c1-17-13(16)11-6-9-8-4-2-3-5-10(8)15-12(9)7-14-11/h2-5,11,14-15H,6-7H2,1H3/p+1. The van der Waals surface area contributed by atoms with Gasteiger partial charge in [-0.1, -0.05) is 18.2 Å². The zero-order chi connectivity index (χ0) is 11.8. The molecule has 4 nitrogen and oxygen atoms in total. The van der Waals surface area contributed by atoms with Gasteiger partial charge in [0.2, 0.25) is 0 Å². The fourth-order valence-corrected chi connectivity index (χ4v) is 2.56. The maximum absolute atomic E-state index is 11.6. The van der Waals surface area contributed by atoms with Crippen molar-refractivity contribution in [3.63, 3.8) is 0 Å². The number of benzene rings is 1. The van der Waals surface area contributed by atoms with E-state index in [0.717, 1.165) is 18.5 Å². The first-order chi connectivity index (χ1) is 8.29. The Morgan fingerprint density at radius 3 is 3.12 bits per heavy atom. The Labute approximate surface area is 99.0 Å². The van der Waals surface area contributed by atoms with Gasteiger partial charge in [0.25, 0.3) is 0 Å². The highest BCUT2D eigenvalue weighted by atomic mass is 16.5. The van der Waals surface area contributed by atoms with Crippen LogP contribution in [0.25, 0.3) is 10.9 Å². The van der Waals surface area contributed by atoms with E-state index in [1.165, 1.54) is 23.8 Å². The summed E-state index contributed by atoms with van der Waals surface area (Å²) in [4.78, 5) is 15.0. The van der Waals surface area contributed by atoms with Crippen LogP contribution >= 0.6 is 0 Å². The summed E-state index contributed by atoms with van der Waals surface area (Å²) in [5.41, 5.74) is 3.64. The lowest BCUT2D eigenvalue weighted by Crippen LogP contribution is -2.92. The quantitative estimate of drug-likeness (QED) is 0.695. The number of ether oxygens (including phenoxy) is 1. The molecule has 2 aromatic rings. The fourth-order valence-electron chi connectivity index (χ4n) is 2.56. The minimum Gasteiger partial charge on any atom is -0.465 e. The summed E-state index contributed by atoms with van der Waals surface area (Å²) >= 11 is 0. The van der Waals surface area contributed by atoms with Crippen molar-refractivity contribution in [1.29, 1.82) is 0 Å². The number of rotatable bonds is 1. The van der Waals surface area contributed by atoms with Crippen LogP contribution in [0, 0.1) is 0 Å². The Morgan fingerprint density at radius 2 is 2.29 bits per heavy atom. The van der Waals surface area contributed by atoms with Gasteiger partial charge in [-0.25, -0.2) is 4.79 Å². The number of methoxy groups -OCH3 is 1. The van der Waals surface area contributed by atoms with E-state index in [2.05, 4.69) is 17.1 Å². The molecule has 2 heterocycles. The molecule has 4 heteroatoms. The molecule has 1 aromatic heterocycles. The number of hydrogen-bond acceptors (Lipinski definition) is 2. The number of carbonyl (C=O) groups is 1. The lowest BCUT2D eigenvalue weighted by Gasteiger charge is -2.18. The number of esters is 1. The number of aromatic amines is 1. The fraction of sp³-hybridized carbons (Fsp3) is 0.308. The highest BCUT2D eigenvalue weighted by Gasteiger charge is 2.30. The first-order valence-corrected chi connectivity index (χ1v) is 5.79. The second-order valence-corrected chi connectivity index (χ2v) is 4.40. The number of hydrogen-bond donors (Lipinski definition) is 2. The van der Waals surface area contributed by atoms with Crippen LogP contribution in [0.5, 0.6) is 0 Å². The predicted molar refractivity (Wildman–Crippen MR) is 63.4 cm³/mol. The normalized spacial score (nSPS) is 19.0. The third-order valence-corrected chi connectivity index (χ3v) is 3.44. The summed E-state index contributed by atoms with van der Waals surface area (Å²) < 4.78 is 4.81. The minimum atomic E-state index is -0.138. The first kappa shape index (κ1) is 10.4. The van der Waals surface area contributed by atoms with Crippen LogP contribution in [0.1, 0.15) is 11.3 Å². The van der Waals surface area contributed by atoms with Crippen LogP contribution in [0.4, 0.5) is 0 Å². The van der Waals surface area contributed by atoms with Crippen LogP contribution < -0.4 is 5.32 Å². The molecule has 1 atom stereocenters. The summed E-state index contributed by atoms with van der Waals surface area (Å²) in [6.45, 7) is 0.809. The molecule has 0 saturated heterocycles. The van der Waals surface area contributed by atoms with Gasteiger partial charge in [-0.15, -0.1) is 0 Å². The van der Waals surface area contributed by atoms with Gasteiger partial charge >= 0.3 is 5.97 Å². The van der Waals surface area contributed by atoms with Gasteiger partial charge in [0.05, 0.1) is 12.8 Å². The summed E-state index contributed by atoms with van der Waals surface area (Å²) in [7, 11) is 1.45. The lowest BCUT2D eigenvalue weighted by atomic mass is 9.99. The Morgan fingerprint density at radius 1 is 1.47 bits per heavy atom. The molecule has 1 aliphatic heterocycles. The number of aromatic nitrogens is 1. The Bertz CT molecular complexity index is 574. The molecule has 0 bridgehead atoms. The number of nitrogens with one attached hydrogen (secondary N) is 1. The molecule has 0 amide bonds. The van der Waals surface area contributed by atoms with Gasteiger partial charge < -0.3 is 15.0 Å². The van der Waals surface area contributed by atoms with Crippen molar-refractivity contribution in [3.05, 3.63) is 35.5 Å². The highest BCUT2D eigenvalue weighted by molar-refractivity contribution is 5.86. The number of para-hydroxylation sites is 1. The second-order valence-electron chi connectivity index (χ2n) is 4.40. The molecule has 3 N–H and O–H groups in total. The molecular formula is C13H15N2O2+. The smallest absolute Gasteiger partial charge is 0.364 e. The number of nitrogens with two attached hydrogens (primary N) is 1. The third-order valence-electron chi connectivity index (χ3n) is 3.44. The van der Waals surface area contributed by atoms with E-state index in [1.54, 1.807) is 0 Å². The van der Waals surface area contributed by atoms with Crippen molar-refractivity contribution in [2.45, 2.75) is 19.0 Å². The minimum absolute atomic E-state index is 0.105. The third kappa shape index (κ3) is 1.61. The molecule has 0 radical (unpaired) electrons. The Balaban J connectivity index is 2.03. The van der Waals surface area contributed by atoms with E-state index in [4.69, 9.17) is 4.74 Å². The average Bonchev–Trinajstić information content (AvgIpc) is 2.75. The maximum atomic E-state index is 11.6. The van der Waals surface area contributed by atoms with Gasteiger partial charge in [0, 0.05) is 17.3 Å². The zero-order valence-corrected chi connectivity index (χ0v) is 9.69. The van der Waals surface area contributed by atoms with E-state index in [1.807, 2.05) is 17.4 Å². The van der Waals surface area contributed by atoms with Gasteiger partial charge in [0.1, 0.15) is 6.54 Å². The van der Waals surface area contributed by atoms with E-state index < -0.39 is 0 Å². The molecule has 1 aliphatic rings. The molecule has 88 valence electrons. The largest absolute Gasteiger partial charge is 0.465 e. The van der Waals surface area contributed by atoms with Crippen LogP contribution in [-0.4, -0.2) is 24.1 Å². The molecule has 3 rings (SSSR count). The lowest BCUT2D eigenvalue weighted by molar-refractivity contribution is -0.697. The Hall–Kier alpha value is -1.81. The number of H-pyrrole nitrogens is 1. The van der Waals surface area contributed by atoms with Crippen LogP contribution in [0.3, 0.4) is 0 Å². The molecule has 0 spiro atoms. The van der Waals surface area contributed by atoms with Crippen LogP contribution in [0.2, 0.25) is 0 Å². The number of fused-ring (bicyclic) bond motifs is 3. The van der Waals surface area contributed by atoms with Crippen molar-refractivity contribution >= 4 is 16.9 Å². The summed E-state index contributed by atoms with van der Waals surface area (Å²) in [5.74, 6) is -0.138. The summed E-state index contributed by atoms with van der Waals surface area (Å²) in [6.07, 6.45) is 0.742. The van der Waals surface area contributed by atoms with Crippen molar-refractivity contribution < 1.29 is 14.8 Å². The zero-order valence-electron chi connectivity index (χ0n) is 9.69. The molecular weight excluding hydrogens is 216 g/mol. The van der Waals surface area contributed by atoms with E-state index in [0.29, 0.717) is 0 Å². The van der Waals surface area contributed by atoms with Gasteiger partial charge in [-0.3, -0.25) is 0 Å². The molecule has 0 saturated carbocycles. The average molecular weight is 231 g/mol. The van der Waals surface area contributed by atoms with Crippen LogP contribution in [0.15, 0.2) is 24.3 Å². The predicted octanol–water partition coefficient (Wildman–Crippen LogP) is 0.329. The van der Waals surface area contributed by atoms with E-state index in [-0.39, 0.29) is 12.0 Å². The maximum Gasteiger partial charge on any atom is 0.364 e. The van der Waals surface area contributed by atoms with Gasteiger partial charge in [-0.2, -0.15) is 0 Å². The molecule has 0 fully saturated rings. The highest BCUT2D eigenvalue weighted by Crippen LogP contribution is 2.24. The van der Waals surface area contributed by atoms with Crippen molar-refractivity contribution in [1.82, 2.24) is 4.98 Å². The summed E-state index contributed by atoms with van der Waals surface area (Å²) in [6, 6.07) is 8.12. The van der Waals surface area contributed by atoms with Crippen molar-refractivity contribution in [2.75, 3.05) is 7.11 Å². The monoisotopic (exact) mass is 231 g/mol. The molecule has 17 heavy (non-hydrogen) atoms. The molecule has 0 aliphatic carbocycles. The van der Waals surface area contributed by atoms with Gasteiger partial charge in [0.15, 0.2) is 6.04 Å². The molecule has 1 aromatic carbocycles. The topological polar surface area (TPSA) is 58.7 Å².